The maximum Gasteiger partial charge on any atom is 0.260 e. The van der Waals surface area contributed by atoms with Crippen molar-refractivity contribution in [1.29, 1.82) is 0 Å². The standard InChI is InChI=1S/C33H33Cl2N5O4S/c1-4-39(5-2)17-18-44-25-13-11-24(12-14-25)37-33-36-20-23-19-27(30-28(34)7-6-8-29(30)35)32(41)40(31(23)38-33)21-22-9-15-26(16-10-22)45(3,42)43/h6-16,19-20H,4-5,17-18,21H2,1-3H3,(H,36,37,38). The van der Waals surface area contributed by atoms with Gasteiger partial charge in [0.05, 0.1) is 27.0 Å². The number of likely N-dealkylation sites (N-methyl/N-ethyl adjacent to an activating group) is 1. The number of rotatable bonds is 12. The molecule has 0 radical (unpaired) electrons. The topological polar surface area (TPSA) is 106 Å². The zero-order chi connectivity index (χ0) is 32.1. The van der Waals surface area contributed by atoms with Crippen molar-refractivity contribution in [2.45, 2.75) is 25.3 Å². The summed E-state index contributed by atoms with van der Waals surface area (Å²) >= 11 is 13.0. The van der Waals surface area contributed by atoms with Gasteiger partial charge >= 0.3 is 0 Å². The second-order valence-corrected chi connectivity index (χ2v) is 13.3. The van der Waals surface area contributed by atoms with Gasteiger partial charge in [0.25, 0.3) is 5.56 Å². The monoisotopic (exact) mass is 665 g/mol. The SMILES string of the molecule is CCN(CC)CCOc1ccc(Nc2ncc3cc(-c4c(Cl)cccc4Cl)c(=O)n(Cc4ccc(S(C)(=O)=O)cc4)c3n2)cc1. The van der Waals surface area contributed by atoms with Crippen LogP contribution in [0.1, 0.15) is 19.4 Å². The summed E-state index contributed by atoms with van der Waals surface area (Å²) in [7, 11) is -3.37. The molecule has 3 aromatic carbocycles. The zero-order valence-electron chi connectivity index (χ0n) is 25.1. The van der Waals surface area contributed by atoms with Gasteiger partial charge in [0.1, 0.15) is 18.0 Å². The van der Waals surface area contributed by atoms with Crippen molar-refractivity contribution in [1.82, 2.24) is 19.4 Å². The van der Waals surface area contributed by atoms with E-state index in [2.05, 4.69) is 29.0 Å². The van der Waals surface area contributed by atoms with Crippen molar-refractivity contribution in [3.8, 4) is 16.9 Å². The third-order valence-electron chi connectivity index (χ3n) is 7.43. The fourth-order valence-corrected chi connectivity index (χ4v) is 6.15. The molecule has 2 aromatic heterocycles. The lowest BCUT2D eigenvalue weighted by molar-refractivity contribution is 0.223. The van der Waals surface area contributed by atoms with Crippen LogP contribution in [0.2, 0.25) is 10.0 Å². The van der Waals surface area contributed by atoms with Crippen LogP contribution in [-0.4, -0.2) is 60.3 Å². The van der Waals surface area contributed by atoms with Crippen LogP contribution in [-0.2, 0) is 16.4 Å². The third-order valence-corrected chi connectivity index (χ3v) is 9.19. The van der Waals surface area contributed by atoms with E-state index in [4.69, 9.17) is 32.9 Å². The van der Waals surface area contributed by atoms with Gasteiger partial charge in [-0.25, -0.2) is 13.4 Å². The Morgan fingerprint density at radius 1 is 0.956 bits per heavy atom. The van der Waals surface area contributed by atoms with Gasteiger partial charge in [-0.3, -0.25) is 9.36 Å². The van der Waals surface area contributed by atoms with Crippen LogP contribution in [0.5, 0.6) is 5.75 Å². The summed E-state index contributed by atoms with van der Waals surface area (Å²) in [6, 6.07) is 20.6. The molecular formula is C33H33Cl2N5O4S. The Morgan fingerprint density at radius 3 is 2.24 bits per heavy atom. The molecule has 0 atom stereocenters. The molecule has 45 heavy (non-hydrogen) atoms. The van der Waals surface area contributed by atoms with Crippen LogP contribution in [0, 0.1) is 0 Å². The van der Waals surface area contributed by atoms with E-state index < -0.39 is 9.84 Å². The first-order chi connectivity index (χ1) is 21.6. The minimum absolute atomic E-state index is 0.116. The van der Waals surface area contributed by atoms with Gasteiger partial charge in [-0.2, -0.15) is 4.98 Å². The second kappa shape index (κ2) is 14.0. The van der Waals surface area contributed by atoms with E-state index >= 15 is 0 Å². The summed E-state index contributed by atoms with van der Waals surface area (Å²) in [5, 5.41) is 4.47. The van der Waals surface area contributed by atoms with Crippen LogP contribution in [0.4, 0.5) is 11.6 Å². The first-order valence-corrected chi connectivity index (χ1v) is 17.1. The molecule has 0 saturated heterocycles. The average molecular weight is 667 g/mol. The smallest absolute Gasteiger partial charge is 0.260 e. The van der Waals surface area contributed by atoms with E-state index in [0.717, 1.165) is 37.3 Å². The number of fused-ring (bicyclic) bond motifs is 1. The number of aromatic nitrogens is 3. The molecule has 2 heterocycles. The van der Waals surface area contributed by atoms with Crippen LogP contribution < -0.4 is 15.6 Å². The predicted molar refractivity (Wildman–Crippen MR) is 181 cm³/mol. The van der Waals surface area contributed by atoms with E-state index in [1.165, 1.54) is 16.7 Å². The zero-order valence-corrected chi connectivity index (χ0v) is 27.5. The Hall–Kier alpha value is -3.96. The van der Waals surface area contributed by atoms with Crippen LogP contribution in [0.15, 0.2) is 88.7 Å². The number of hydrogen-bond donors (Lipinski definition) is 1. The number of sulfone groups is 1. The van der Waals surface area contributed by atoms with E-state index in [0.29, 0.717) is 50.3 Å². The third kappa shape index (κ3) is 7.65. The molecule has 0 amide bonds. The van der Waals surface area contributed by atoms with Gasteiger partial charge in [-0.1, -0.05) is 55.2 Å². The largest absolute Gasteiger partial charge is 0.492 e. The Morgan fingerprint density at radius 2 is 1.62 bits per heavy atom. The molecule has 0 spiro atoms. The van der Waals surface area contributed by atoms with E-state index in [1.54, 1.807) is 42.6 Å². The maximum atomic E-state index is 14.0. The quantitative estimate of drug-likeness (QED) is 0.157. The molecule has 234 valence electrons. The Bertz CT molecular complexity index is 1960. The van der Waals surface area contributed by atoms with E-state index in [1.807, 2.05) is 24.3 Å². The molecule has 5 rings (SSSR count). The number of ether oxygens (including phenoxy) is 1. The summed E-state index contributed by atoms with van der Waals surface area (Å²) in [5.74, 6) is 1.05. The highest BCUT2D eigenvalue weighted by Gasteiger charge is 2.18. The molecule has 0 saturated carbocycles. The summed E-state index contributed by atoms with van der Waals surface area (Å²) in [6.45, 7) is 7.78. The minimum atomic E-state index is -3.37. The van der Waals surface area contributed by atoms with Crippen LogP contribution >= 0.6 is 23.2 Å². The lowest BCUT2D eigenvalue weighted by atomic mass is 10.1. The molecule has 12 heteroatoms. The Kier molecular flexibility index (Phi) is 10.1. The molecule has 0 aliphatic rings. The fourth-order valence-electron chi connectivity index (χ4n) is 4.92. The number of benzene rings is 3. The van der Waals surface area contributed by atoms with Crippen molar-refractivity contribution < 1.29 is 13.2 Å². The number of hydrogen-bond acceptors (Lipinski definition) is 8. The summed E-state index contributed by atoms with van der Waals surface area (Å²) in [5.41, 5.74) is 2.18. The Labute approximate surface area is 272 Å². The molecular weight excluding hydrogens is 633 g/mol. The molecule has 1 N–H and O–H groups in total. The van der Waals surface area contributed by atoms with Gasteiger partial charge in [0, 0.05) is 35.6 Å². The first-order valence-electron chi connectivity index (χ1n) is 14.4. The highest BCUT2D eigenvalue weighted by molar-refractivity contribution is 7.90. The highest BCUT2D eigenvalue weighted by Crippen LogP contribution is 2.34. The van der Waals surface area contributed by atoms with Gasteiger partial charge in [-0.05, 0) is 73.3 Å². The fraction of sp³-hybridized carbons (Fsp3) is 0.242. The molecule has 0 aliphatic heterocycles. The van der Waals surface area contributed by atoms with E-state index in [-0.39, 0.29) is 17.0 Å². The number of nitrogens with one attached hydrogen (secondary N) is 1. The number of nitrogens with zero attached hydrogens (tertiary/aromatic N) is 4. The maximum absolute atomic E-state index is 14.0. The number of anilines is 2. The lowest BCUT2D eigenvalue weighted by Gasteiger charge is -2.18. The van der Waals surface area contributed by atoms with Crippen molar-refractivity contribution in [3.05, 3.63) is 105 Å². The highest BCUT2D eigenvalue weighted by atomic mass is 35.5. The van der Waals surface area contributed by atoms with Crippen LogP contribution in [0.25, 0.3) is 22.2 Å². The molecule has 0 fully saturated rings. The molecule has 0 bridgehead atoms. The lowest BCUT2D eigenvalue weighted by Crippen LogP contribution is -2.27. The summed E-state index contributed by atoms with van der Waals surface area (Å²) in [6.07, 6.45) is 2.78. The number of pyridine rings is 1. The number of halogens is 2. The average Bonchev–Trinajstić information content (AvgIpc) is 3.02. The summed E-state index contributed by atoms with van der Waals surface area (Å²) < 4.78 is 31.4. The van der Waals surface area contributed by atoms with Gasteiger partial charge in [-0.15, -0.1) is 0 Å². The van der Waals surface area contributed by atoms with Crippen molar-refractivity contribution >= 4 is 55.7 Å². The normalized spacial score (nSPS) is 11.7. The molecule has 0 unspecified atom stereocenters. The second-order valence-electron chi connectivity index (χ2n) is 10.5. The van der Waals surface area contributed by atoms with Crippen molar-refractivity contribution in [2.24, 2.45) is 0 Å². The molecule has 9 nitrogen and oxygen atoms in total. The molecule has 5 aromatic rings. The van der Waals surface area contributed by atoms with Crippen molar-refractivity contribution in [3.63, 3.8) is 0 Å². The molecule has 0 aliphatic carbocycles. The minimum Gasteiger partial charge on any atom is -0.492 e. The van der Waals surface area contributed by atoms with Gasteiger partial charge < -0.3 is 15.0 Å². The van der Waals surface area contributed by atoms with Crippen LogP contribution in [0.3, 0.4) is 0 Å². The van der Waals surface area contributed by atoms with Gasteiger partial charge in [0.15, 0.2) is 9.84 Å². The predicted octanol–water partition coefficient (Wildman–Crippen LogP) is 6.68. The first kappa shape index (κ1) is 32.4. The summed E-state index contributed by atoms with van der Waals surface area (Å²) in [4.78, 5) is 25.7. The van der Waals surface area contributed by atoms with E-state index in [9.17, 15) is 13.2 Å². The Balaban J connectivity index is 1.49. The van der Waals surface area contributed by atoms with Crippen molar-refractivity contribution in [2.75, 3.05) is 37.8 Å². The van der Waals surface area contributed by atoms with Gasteiger partial charge in [0.2, 0.25) is 5.95 Å².